The van der Waals surface area contributed by atoms with E-state index < -0.39 is 4.92 Å². The summed E-state index contributed by atoms with van der Waals surface area (Å²) in [4.78, 5) is 25.7. The van der Waals surface area contributed by atoms with Crippen molar-refractivity contribution in [3.05, 3.63) is 63.7 Å². The minimum Gasteiger partial charge on any atom is -0.385 e. The van der Waals surface area contributed by atoms with Crippen molar-refractivity contribution in [1.29, 1.82) is 0 Å². The number of hydrogen-bond donors (Lipinski definition) is 1. The van der Waals surface area contributed by atoms with Crippen molar-refractivity contribution in [3.8, 4) is 0 Å². The van der Waals surface area contributed by atoms with Gasteiger partial charge in [0.05, 0.1) is 4.92 Å². The van der Waals surface area contributed by atoms with Crippen molar-refractivity contribution < 1.29 is 14.5 Å². The van der Waals surface area contributed by atoms with Crippen molar-refractivity contribution in [2.75, 3.05) is 37.0 Å². The van der Waals surface area contributed by atoms with Crippen LogP contribution in [-0.2, 0) is 11.2 Å². The maximum atomic E-state index is 13.0. The maximum Gasteiger partial charge on any atom is 0.293 e. The Kier molecular flexibility index (Phi) is 6.03. The number of fused-ring (bicyclic) bond motifs is 1. The number of carbonyl (C=O) groups excluding carboxylic acids is 1. The van der Waals surface area contributed by atoms with Crippen LogP contribution in [0.15, 0.2) is 42.5 Å². The Morgan fingerprint density at radius 3 is 2.89 bits per heavy atom. The van der Waals surface area contributed by atoms with Gasteiger partial charge in [0.25, 0.3) is 11.6 Å². The number of carbonyl (C=O) groups is 1. The van der Waals surface area contributed by atoms with Gasteiger partial charge < -0.3 is 15.0 Å². The van der Waals surface area contributed by atoms with Crippen LogP contribution in [-0.4, -0.2) is 37.6 Å². The Balaban J connectivity index is 1.83. The van der Waals surface area contributed by atoms with Gasteiger partial charge >= 0.3 is 0 Å². The molecule has 0 fully saturated rings. The Morgan fingerprint density at radius 1 is 1.30 bits per heavy atom. The third kappa shape index (κ3) is 4.25. The zero-order chi connectivity index (χ0) is 19.2. The van der Waals surface area contributed by atoms with Gasteiger partial charge in [-0.1, -0.05) is 18.2 Å². The number of rotatable bonds is 7. The summed E-state index contributed by atoms with van der Waals surface area (Å²) < 4.78 is 4.98. The van der Waals surface area contributed by atoms with Crippen LogP contribution in [0.25, 0.3) is 0 Å². The molecule has 0 aromatic heterocycles. The number of methoxy groups -OCH3 is 1. The van der Waals surface area contributed by atoms with Gasteiger partial charge in [-0.3, -0.25) is 14.9 Å². The summed E-state index contributed by atoms with van der Waals surface area (Å²) in [5, 5.41) is 14.5. The summed E-state index contributed by atoms with van der Waals surface area (Å²) in [5.74, 6) is -0.212. The Labute approximate surface area is 158 Å². The molecular formula is C20H23N3O4. The Hall–Kier alpha value is -2.93. The molecule has 1 aliphatic heterocycles. The van der Waals surface area contributed by atoms with E-state index >= 15 is 0 Å². The SMILES string of the molecule is COCCCNc1ccc(C(=O)N2CCCc3ccccc32)cc1[N+](=O)[O-]. The van der Waals surface area contributed by atoms with Crippen LogP contribution in [0.2, 0.25) is 0 Å². The molecule has 3 rings (SSSR count). The standard InChI is InChI=1S/C20H23N3O4/c1-27-13-5-11-21-17-10-9-16(14-19(17)23(25)26)20(24)22-12-4-7-15-6-2-3-8-18(15)22/h2-3,6,8-10,14,21H,4-5,7,11-13H2,1H3. The summed E-state index contributed by atoms with van der Waals surface area (Å²) in [6.07, 6.45) is 2.55. The Morgan fingerprint density at radius 2 is 2.11 bits per heavy atom. The number of ether oxygens (including phenoxy) is 1. The van der Waals surface area contributed by atoms with Gasteiger partial charge in [-0.15, -0.1) is 0 Å². The molecule has 7 nitrogen and oxygen atoms in total. The number of amides is 1. The van der Waals surface area contributed by atoms with Gasteiger partial charge in [-0.2, -0.15) is 0 Å². The molecule has 2 aromatic rings. The second-order valence-electron chi connectivity index (χ2n) is 6.45. The minimum atomic E-state index is -0.459. The van der Waals surface area contributed by atoms with E-state index in [1.54, 1.807) is 24.1 Å². The molecule has 0 spiro atoms. The fourth-order valence-electron chi connectivity index (χ4n) is 3.31. The monoisotopic (exact) mass is 369 g/mol. The van der Waals surface area contributed by atoms with E-state index in [9.17, 15) is 14.9 Å². The highest BCUT2D eigenvalue weighted by molar-refractivity contribution is 6.07. The number of benzene rings is 2. The second-order valence-corrected chi connectivity index (χ2v) is 6.45. The third-order valence-corrected chi connectivity index (χ3v) is 4.64. The smallest absolute Gasteiger partial charge is 0.293 e. The van der Waals surface area contributed by atoms with E-state index in [-0.39, 0.29) is 11.6 Å². The number of aryl methyl sites for hydroxylation is 1. The first-order valence-corrected chi connectivity index (χ1v) is 9.03. The van der Waals surface area contributed by atoms with E-state index in [4.69, 9.17) is 4.74 Å². The molecule has 0 bridgehead atoms. The first-order valence-electron chi connectivity index (χ1n) is 9.03. The normalized spacial score (nSPS) is 13.1. The van der Waals surface area contributed by atoms with E-state index in [0.29, 0.717) is 30.9 Å². The summed E-state index contributed by atoms with van der Waals surface area (Å²) in [6, 6.07) is 12.4. The lowest BCUT2D eigenvalue weighted by atomic mass is 10.0. The molecular weight excluding hydrogens is 346 g/mol. The fourth-order valence-corrected chi connectivity index (χ4v) is 3.31. The van der Waals surface area contributed by atoms with Gasteiger partial charge in [0.1, 0.15) is 5.69 Å². The average Bonchev–Trinajstić information content (AvgIpc) is 2.70. The molecule has 1 aliphatic rings. The van der Waals surface area contributed by atoms with Gasteiger partial charge in [-0.25, -0.2) is 0 Å². The van der Waals surface area contributed by atoms with Crippen molar-refractivity contribution in [2.45, 2.75) is 19.3 Å². The average molecular weight is 369 g/mol. The first kappa shape index (κ1) is 18.8. The topological polar surface area (TPSA) is 84.7 Å². The van der Waals surface area contributed by atoms with Crippen molar-refractivity contribution in [3.63, 3.8) is 0 Å². The van der Waals surface area contributed by atoms with Crippen molar-refractivity contribution >= 4 is 23.0 Å². The molecule has 0 aliphatic carbocycles. The highest BCUT2D eigenvalue weighted by Crippen LogP contribution is 2.30. The van der Waals surface area contributed by atoms with Crippen molar-refractivity contribution in [2.24, 2.45) is 0 Å². The molecule has 0 radical (unpaired) electrons. The second kappa shape index (κ2) is 8.64. The molecule has 142 valence electrons. The largest absolute Gasteiger partial charge is 0.385 e. The summed E-state index contributed by atoms with van der Waals surface area (Å²) in [6.45, 7) is 1.74. The van der Waals surface area contributed by atoms with Crippen LogP contribution in [0, 0.1) is 10.1 Å². The van der Waals surface area contributed by atoms with E-state index in [1.165, 1.54) is 6.07 Å². The predicted molar refractivity (Wildman–Crippen MR) is 105 cm³/mol. The summed E-state index contributed by atoms with van der Waals surface area (Å²) in [5.41, 5.74) is 2.65. The molecule has 1 N–H and O–H groups in total. The minimum absolute atomic E-state index is 0.0939. The van der Waals surface area contributed by atoms with E-state index in [1.807, 2.05) is 24.3 Å². The molecule has 1 heterocycles. The summed E-state index contributed by atoms with van der Waals surface area (Å²) >= 11 is 0. The first-order chi connectivity index (χ1) is 13.1. The molecule has 0 unspecified atom stereocenters. The molecule has 0 saturated heterocycles. The zero-order valence-corrected chi connectivity index (χ0v) is 15.3. The highest BCUT2D eigenvalue weighted by Gasteiger charge is 2.25. The van der Waals surface area contributed by atoms with Crippen LogP contribution < -0.4 is 10.2 Å². The maximum absolute atomic E-state index is 13.0. The van der Waals surface area contributed by atoms with Crippen LogP contribution in [0.5, 0.6) is 0 Å². The highest BCUT2D eigenvalue weighted by atomic mass is 16.6. The van der Waals surface area contributed by atoms with Crippen LogP contribution in [0.4, 0.5) is 17.1 Å². The number of para-hydroxylation sites is 1. The van der Waals surface area contributed by atoms with E-state index in [2.05, 4.69) is 5.32 Å². The van der Waals surface area contributed by atoms with Crippen LogP contribution in [0.3, 0.4) is 0 Å². The molecule has 7 heteroatoms. The van der Waals surface area contributed by atoms with Gasteiger partial charge in [0, 0.05) is 44.1 Å². The molecule has 1 amide bonds. The number of anilines is 2. The number of nitro groups is 1. The zero-order valence-electron chi connectivity index (χ0n) is 15.3. The van der Waals surface area contributed by atoms with Gasteiger partial charge in [0.2, 0.25) is 0 Å². The lowest BCUT2D eigenvalue weighted by Gasteiger charge is -2.29. The number of hydrogen-bond acceptors (Lipinski definition) is 5. The van der Waals surface area contributed by atoms with Crippen LogP contribution >= 0.6 is 0 Å². The summed E-state index contributed by atoms with van der Waals surface area (Å²) in [7, 11) is 1.61. The quantitative estimate of drug-likeness (QED) is 0.458. The predicted octanol–water partition coefficient (Wildman–Crippen LogP) is 3.64. The lowest BCUT2D eigenvalue weighted by molar-refractivity contribution is -0.384. The Bertz CT molecular complexity index is 838. The van der Waals surface area contributed by atoms with Gasteiger partial charge in [0.15, 0.2) is 0 Å². The fraction of sp³-hybridized carbons (Fsp3) is 0.350. The molecule has 27 heavy (non-hydrogen) atoms. The van der Waals surface area contributed by atoms with Crippen LogP contribution in [0.1, 0.15) is 28.8 Å². The number of nitrogens with zero attached hydrogens (tertiary/aromatic N) is 2. The number of nitro benzene ring substituents is 1. The third-order valence-electron chi connectivity index (χ3n) is 4.64. The molecule has 0 atom stereocenters. The van der Waals surface area contributed by atoms with E-state index in [0.717, 1.165) is 30.5 Å². The molecule has 2 aromatic carbocycles. The van der Waals surface area contributed by atoms with Crippen molar-refractivity contribution in [1.82, 2.24) is 0 Å². The number of nitrogens with one attached hydrogen (secondary N) is 1. The lowest BCUT2D eigenvalue weighted by Crippen LogP contribution is -2.35. The van der Waals surface area contributed by atoms with Gasteiger partial charge in [-0.05, 0) is 43.0 Å². The molecule has 0 saturated carbocycles.